The fourth-order valence-corrected chi connectivity index (χ4v) is 4.35. The molecule has 1 aliphatic heterocycles. The zero-order chi connectivity index (χ0) is 17.1. The van der Waals surface area contributed by atoms with Crippen molar-refractivity contribution in [2.24, 2.45) is 0 Å². The molecule has 0 bridgehead atoms. The maximum Gasteiger partial charge on any atom is 0.246 e. The van der Waals surface area contributed by atoms with Gasteiger partial charge in [-0.05, 0) is 29.1 Å². The van der Waals surface area contributed by atoms with Crippen molar-refractivity contribution in [1.82, 2.24) is 4.68 Å². The van der Waals surface area contributed by atoms with Gasteiger partial charge in [0.15, 0.2) is 0 Å². The summed E-state index contributed by atoms with van der Waals surface area (Å²) in [5.41, 5.74) is 6.53. The number of rotatable bonds is 1. The van der Waals surface area contributed by atoms with E-state index in [2.05, 4.69) is 100 Å². The first-order chi connectivity index (χ1) is 12.9. The number of fused-ring (bicyclic) bond motifs is 6. The van der Waals surface area contributed by atoms with Crippen LogP contribution in [0.2, 0.25) is 0 Å². The number of benzene rings is 4. The minimum Gasteiger partial charge on any atom is -0.118 e. The lowest BCUT2D eigenvalue weighted by Gasteiger charge is -2.05. The molecule has 0 spiro atoms. The van der Waals surface area contributed by atoms with Crippen molar-refractivity contribution in [2.45, 2.75) is 6.42 Å². The van der Waals surface area contributed by atoms with Crippen LogP contribution in [-0.4, -0.2) is 4.68 Å². The van der Waals surface area contributed by atoms with Gasteiger partial charge in [0.2, 0.25) is 11.2 Å². The summed E-state index contributed by atoms with van der Waals surface area (Å²) < 4.78 is 4.79. The van der Waals surface area contributed by atoms with Crippen LogP contribution in [0.3, 0.4) is 0 Å². The van der Waals surface area contributed by atoms with E-state index in [4.69, 9.17) is 0 Å². The third-order valence-corrected chi connectivity index (χ3v) is 5.47. The Balaban J connectivity index is 1.81. The number of nitrogens with zero attached hydrogens (tertiary/aromatic N) is 2. The second-order valence-corrected chi connectivity index (χ2v) is 6.89. The molecule has 0 unspecified atom stereocenters. The second-order valence-electron chi connectivity index (χ2n) is 6.89. The molecule has 26 heavy (non-hydrogen) atoms. The maximum atomic E-state index is 2.40. The average molecular weight is 333 g/mol. The van der Waals surface area contributed by atoms with E-state index in [0.717, 1.165) is 6.42 Å². The van der Waals surface area contributed by atoms with Gasteiger partial charge in [-0.2, -0.15) is 0 Å². The molecule has 0 fully saturated rings. The van der Waals surface area contributed by atoms with E-state index in [1.165, 1.54) is 44.3 Å². The highest BCUT2D eigenvalue weighted by Gasteiger charge is 2.33. The molecule has 0 saturated heterocycles. The monoisotopic (exact) mass is 333 g/mol. The van der Waals surface area contributed by atoms with Gasteiger partial charge < -0.3 is 0 Å². The van der Waals surface area contributed by atoms with E-state index in [0.29, 0.717) is 0 Å². The summed E-state index contributed by atoms with van der Waals surface area (Å²) in [5, 5.41) is 3.87. The summed E-state index contributed by atoms with van der Waals surface area (Å²) in [6.07, 6.45) is 0.981. The van der Waals surface area contributed by atoms with Crippen LogP contribution in [0.5, 0.6) is 0 Å². The van der Waals surface area contributed by atoms with Gasteiger partial charge in [0.05, 0.1) is 10.8 Å². The van der Waals surface area contributed by atoms with Crippen LogP contribution < -0.4 is 4.68 Å². The Labute approximate surface area is 151 Å². The highest BCUT2D eigenvalue weighted by Crippen LogP contribution is 2.33. The Morgan fingerprint density at radius 1 is 0.654 bits per heavy atom. The van der Waals surface area contributed by atoms with Gasteiger partial charge in [-0.1, -0.05) is 65.3 Å². The standard InChI is InChI=1S/C24H17N2/c1-3-11-19-17(8-1)10-7-15-22(19)26-23-14-6-4-12-20(23)24-16-18-9-2-5-13-21(18)25(24)26/h1-15H,16H2/q+1. The van der Waals surface area contributed by atoms with Crippen molar-refractivity contribution >= 4 is 21.7 Å². The molecule has 122 valence electrons. The summed E-state index contributed by atoms with van der Waals surface area (Å²) in [5.74, 6) is 0. The fraction of sp³-hybridized carbons (Fsp3) is 0.0417. The fourth-order valence-electron chi connectivity index (χ4n) is 4.35. The average Bonchev–Trinajstić information content (AvgIpc) is 3.22. The molecule has 4 aromatic carbocycles. The van der Waals surface area contributed by atoms with Gasteiger partial charge in [0.25, 0.3) is 0 Å². The lowest BCUT2D eigenvalue weighted by atomic mass is 10.1. The lowest BCUT2D eigenvalue weighted by molar-refractivity contribution is -0.648. The van der Waals surface area contributed by atoms with Gasteiger partial charge >= 0.3 is 0 Å². The molecule has 6 rings (SSSR count). The Hall–Kier alpha value is -3.39. The molecule has 2 heteroatoms. The molecule has 1 aliphatic rings. The molecule has 0 atom stereocenters. The number of hydrogen-bond acceptors (Lipinski definition) is 0. The van der Waals surface area contributed by atoms with Crippen molar-refractivity contribution in [2.75, 3.05) is 0 Å². The summed E-state index contributed by atoms with van der Waals surface area (Å²) in [7, 11) is 0. The Morgan fingerprint density at radius 3 is 2.35 bits per heavy atom. The normalized spacial score (nSPS) is 12.5. The van der Waals surface area contributed by atoms with E-state index in [-0.39, 0.29) is 0 Å². The third kappa shape index (κ3) is 1.73. The molecule has 5 aromatic rings. The van der Waals surface area contributed by atoms with Crippen molar-refractivity contribution in [1.29, 1.82) is 0 Å². The number of para-hydroxylation sites is 2. The van der Waals surface area contributed by atoms with Crippen LogP contribution in [0, 0.1) is 0 Å². The molecule has 0 N–H and O–H groups in total. The molecule has 0 aliphatic carbocycles. The van der Waals surface area contributed by atoms with Gasteiger partial charge in [0.1, 0.15) is 11.4 Å². The molecular weight excluding hydrogens is 316 g/mol. The number of aromatic nitrogens is 2. The quantitative estimate of drug-likeness (QED) is 0.376. The van der Waals surface area contributed by atoms with Crippen molar-refractivity contribution in [3.8, 4) is 11.4 Å². The highest BCUT2D eigenvalue weighted by atomic mass is 15.4. The van der Waals surface area contributed by atoms with E-state index >= 15 is 0 Å². The molecule has 0 amide bonds. The van der Waals surface area contributed by atoms with Crippen LogP contribution >= 0.6 is 0 Å². The molecule has 2 nitrogen and oxygen atoms in total. The van der Waals surface area contributed by atoms with Crippen LogP contribution in [0.15, 0.2) is 91.0 Å². The minimum absolute atomic E-state index is 0.981. The van der Waals surface area contributed by atoms with Crippen LogP contribution in [0.25, 0.3) is 33.1 Å². The zero-order valence-corrected chi connectivity index (χ0v) is 14.3. The first-order valence-electron chi connectivity index (χ1n) is 9.03. The van der Waals surface area contributed by atoms with Crippen LogP contribution in [0.4, 0.5) is 0 Å². The topological polar surface area (TPSA) is 8.81 Å². The first-order valence-corrected chi connectivity index (χ1v) is 9.03. The van der Waals surface area contributed by atoms with Crippen molar-refractivity contribution in [3.63, 3.8) is 0 Å². The van der Waals surface area contributed by atoms with E-state index in [1.807, 2.05) is 0 Å². The largest absolute Gasteiger partial charge is 0.246 e. The molecule has 2 heterocycles. The summed E-state index contributed by atoms with van der Waals surface area (Å²) in [6.45, 7) is 0. The predicted molar refractivity (Wildman–Crippen MR) is 105 cm³/mol. The second kappa shape index (κ2) is 5.06. The molecular formula is C24H17N2+. The Morgan fingerprint density at radius 2 is 1.38 bits per heavy atom. The minimum atomic E-state index is 0.981. The molecule has 1 aromatic heterocycles. The van der Waals surface area contributed by atoms with Crippen molar-refractivity contribution < 1.29 is 4.68 Å². The van der Waals surface area contributed by atoms with E-state index in [1.54, 1.807) is 0 Å². The highest BCUT2D eigenvalue weighted by molar-refractivity contribution is 5.89. The van der Waals surface area contributed by atoms with E-state index < -0.39 is 0 Å². The SMILES string of the molecule is c1ccc2c(c1)Cc1c3ccccc3[n+](-c3cccc4ccccc34)n1-2. The van der Waals surface area contributed by atoms with Gasteiger partial charge in [0, 0.05) is 18.6 Å². The Bertz CT molecular complexity index is 1310. The van der Waals surface area contributed by atoms with Gasteiger partial charge in [-0.3, -0.25) is 0 Å². The maximum absolute atomic E-state index is 2.40. The lowest BCUT2D eigenvalue weighted by Crippen LogP contribution is -2.40. The molecule has 0 saturated carbocycles. The van der Waals surface area contributed by atoms with Gasteiger partial charge in [-0.25, -0.2) is 0 Å². The van der Waals surface area contributed by atoms with Crippen molar-refractivity contribution in [3.05, 3.63) is 102 Å². The smallest absolute Gasteiger partial charge is 0.118 e. The number of hydrogen-bond donors (Lipinski definition) is 0. The zero-order valence-electron chi connectivity index (χ0n) is 14.3. The summed E-state index contributed by atoms with van der Waals surface area (Å²) in [6, 6.07) is 32.7. The summed E-state index contributed by atoms with van der Waals surface area (Å²) in [4.78, 5) is 0. The van der Waals surface area contributed by atoms with Crippen LogP contribution in [-0.2, 0) is 6.42 Å². The van der Waals surface area contributed by atoms with Crippen LogP contribution in [0.1, 0.15) is 11.3 Å². The summed E-state index contributed by atoms with van der Waals surface area (Å²) >= 11 is 0. The third-order valence-electron chi connectivity index (χ3n) is 5.47. The van der Waals surface area contributed by atoms with Gasteiger partial charge in [-0.15, -0.1) is 4.68 Å². The predicted octanol–water partition coefficient (Wildman–Crippen LogP) is 4.96. The molecule has 0 radical (unpaired) electrons. The first kappa shape index (κ1) is 13.9. The Kier molecular flexibility index (Phi) is 2.69. The van der Waals surface area contributed by atoms with E-state index in [9.17, 15) is 0 Å².